The van der Waals surface area contributed by atoms with Gasteiger partial charge in [-0.25, -0.2) is 18.4 Å². The molecule has 2 aromatic rings. The number of hydrogen-bond acceptors (Lipinski definition) is 6. The highest BCUT2D eigenvalue weighted by atomic mass is 35.5. The molecule has 0 unspecified atom stereocenters. The Morgan fingerprint density at radius 1 is 1.28 bits per heavy atom. The fourth-order valence-corrected chi connectivity index (χ4v) is 3.79. The number of fused-ring (bicyclic) bond motifs is 1. The standard InChI is InChI=1S/C19H26ClN5O3S/c1-7-19(5,24-25-21)15-11-23-17(14-10-22-16(20)8-13(14)15)28-12(2)9-18(3,4)29(6,26)27/h8,10-12H,7,9H2,1-6H3/t12-,19+/m0/s1. The lowest BCUT2D eigenvalue weighted by Gasteiger charge is -2.27. The molecule has 2 aromatic heterocycles. The molecule has 2 heterocycles. The van der Waals surface area contributed by atoms with Gasteiger partial charge in [-0.1, -0.05) is 23.6 Å². The zero-order chi connectivity index (χ0) is 22.0. The van der Waals surface area contributed by atoms with E-state index in [1.165, 1.54) is 6.26 Å². The van der Waals surface area contributed by atoms with E-state index in [2.05, 4.69) is 20.0 Å². The molecule has 0 saturated carbocycles. The van der Waals surface area contributed by atoms with E-state index in [0.717, 1.165) is 5.39 Å². The first-order valence-electron chi connectivity index (χ1n) is 9.22. The summed E-state index contributed by atoms with van der Waals surface area (Å²) in [4.78, 5) is 11.5. The van der Waals surface area contributed by atoms with Gasteiger partial charge in [-0.05, 0) is 56.7 Å². The van der Waals surface area contributed by atoms with E-state index in [1.54, 1.807) is 39.2 Å². The molecule has 0 amide bonds. The lowest BCUT2D eigenvalue weighted by Crippen LogP contribution is -2.36. The van der Waals surface area contributed by atoms with Gasteiger partial charge in [0, 0.05) is 30.0 Å². The number of nitrogens with zero attached hydrogens (tertiary/aromatic N) is 5. The second kappa shape index (κ2) is 8.34. The van der Waals surface area contributed by atoms with Crippen molar-refractivity contribution in [1.29, 1.82) is 0 Å². The molecule has 0 radical (unpaired) electrons. The third-order valence-corrected chi connectivity index (χ3v) is 7.71. The van der Waals surface area contributed by atoms with Crippen molar-refractivity contribution in [3.63, 3.8) is 0 Å². The van der Waals surface area contributed by atoms with Crippen LogP contribution in [0, 0.1) is 0 Å². The first-order valence-corrected chi connectivity index (χ1v) is 11.5. The van der Waals surface area contributed by atoms with Crippen molar-refractivity contribution >= 4 is 32.2 Å². The van der Waals surface area contributed by atoms with Crippen molar-refractivity contribution in [2.45, 2.75) is 63.9 Å². The van der Waals surface area contributed by atoms with Gasteiger partial charge in [0.2, 0.25) is 5.88 Å². The van der Waals surface area contributed by atoms with Gasteiger partial charge >= 0.3 is 0 Å². The van der Waals surface area contributed by atoms with E-state index in [0.29, 0.717) is 34.8 Å². The average Bonchev–Trinajstić information content (AvgIpc) is 2.60. The lowest BCUT2D eigenvalue weighted by atomic mass is 9.88. The normalized spacial score (nSPS) is 15.4. The number of ether oxygens (including phenoxy) is 1. The molecular weight excluding hydrogens is 414 g/mol. The smallest absolute Gasteiger partial charge is 0.223 e. The second-order valence-corrected chi connectivity index (χ2v) is 11.0. The highest BCUT2D eigenvalue weighted by Gasteiger charge is 2.33. The summed E-state index contributed by atoms with van der Waals surface area (Å²) in [6, 6.07) is 1.69. The quantitative estimate of drug-likeness (QED) is 0.242. The number of hydrogen-bond donors (Lipinski definition) is 0. The van der Waals surface area contributed by atoms with Gasteiger partial charge in [0.1, 0.15) is 5.15 Å². The van der Waals surface area contributed by atoms with Crippen molar-refractivity contribution in [2.24, 2.45) is 5.11 Å². The van der Waals surface area contributed by atoms with E-state index in [1.807, 2.05) is 13.8 Å². The molecule has 0 aliphatic heterocycles. The van der Waals surface area contributed by atoms with Crippen LogP contribution in [0.2, 0.25) is 5.15 Å². The first-order chi connectivity index (χ1) is 13.3. The highest BCUT2D eigenvalue weighted by Crippen LogP contribution is 2.38. The summed E-state index contributed by atoms with van der Waals surface area (Å²) in [5.74, 6) is 0.323. The SMILES string of the molecule is CC[C@@](C)(N=[N+]=[N-])c1cnc(O[C@@H](C)CC(C)(C)S(C)(=O)=O)c2cnc(Cl)cc12. The maximum atomic E-state index is 12.0. The van der Waals surface area contributed by atoms with Crippen molar-refractivity contribution in [3.05, 3.63) is 39.6 Å². The molecule has 0 aliphatic rings. The van der Waals surface area contributed by atoms with E-state index in [-0.39, 0.29) is 0 Å². The summed E-state index contributed by atoms with van der Waals surface area (Å²) in [6.45, 7) is 8.89. The van der Waals surface area contributed by atoms with Gasteiger partial charge in [0.05, 0.1) is 21.8 Å². The lowest BCUT2D eigenvalue weighted by molar-refractivity contribution is 0.192. The van der Waals surface area contributed by atoms with Crippen LogP contribution >= 0.6 is 11.6 Å². The van der Waals surface area contributed by atoms with Gasteiger partial charge in [0.25, 0.3) is 0 Å². The van der Waals surface area contributed by atoms with Gasteiger partial charge in [-0.15, -0.1) is 0 Å². The van der Waals surface area contributed by atoms with Gasteiger partial charge < -0.3 is 4.74 Å². The van der Waals surface area contributed by atoms with Crippen molar-refractivity contribution in [3.8, 4) is 5.88 Å². The monoisotopic (exact) mass is 439 g/mol. The van der Waals surface area contributed by atoms with Crippen LogP contribution < -0.4 is 4.74 Å². The minimum atomic E-state index is -3.25. The summed E-state index contributed by atoms with van der Waals surface area (Å²) < 4.78 is 29.1. The summed E-state index contributed by atoms with van der Waals surface area (Å²) in [5.41, 5.74) is 8.90. The van der Waals surface area contributed by atoms with Gasteiger partial charge in [-0.3, -0.25) is 0 Å². The van der Waals surface area contributed by atoms with Crippen LogP contribution in [0.4, 0.5) is 0 Å². The van der Waals surface area contributed by atoms with Crippen LogP contribution in [0.15, 0.2) is 23.6 Å². The van der Waals surface area contributed by atoms with Gasteiger partial charge in [0.15, 0.2) is 9.84 Å². The zero-order valence-electron chi connectivity index (χ0n) is 17.5. The maximum absolute atomic E-state index is 12.0. The molecule has 2 rings (SSSR count). The molecule has 0 aliphatic carbocycles. The van der Waals surface area contributed by atoms with Crippen LogP contribution in [0.3, 0.4) is 0 Å². The Kier molecular flexibility index (Phi) is 6.67. The summed E-state index contributed by atoms with van der Waals surface area (Å²) in [7, 11) is -3.25. The fourth-order valence-electron chi connectivity index (χ4n) is 3.10. The Labute approximate surface area is 176 Å². The Morgan fingerprint density at radius 3 is 2.48 bits per heavy atom. The molecule has 158 valence electrons. The number of halogens is 1. The highest BCUT2D eigenvalue weighted by molar-refractivity contribution is 7.92. The molecular formula is C19H26ClN5O3S. The van der Waals surface area contributed by atoms with Crippen molar-refractivity contribution in [2.75, 3.05) is 6.26 Å². The number of azide groups is 1. The van der Waals surface area contributed by atoms with Gasteiger partial charge in [-0.2, -0.15) is 0 Å². The molecule has 0 saturated heterocycles. The number of sulfone groups is 1. The molecule has 8 nitrogen and oxygen atoms in total. The van der Waals surface area contributed by atoms with Crippen LogP contribution in [-0.4, -0.2) is 35.5 Å². The van der Waals surface area contributed by atoms with Crippen molar-refractivity contribution < 1.29 is 13.2 Å². The van der Waals surface area contributed by atoms with E-state index < -0.39 is 26.2 Å². The summed E-state index contributed by atoms with van der Waals surface area (Å²) >= 11 is 6.11. The molecule has 0 bridgehead atoms. The topological polar surface area (TPSA) is 118 Å². The number of rotatable bonds is 8. The predicted octanol–water partition coefficient (Wildman–Crippen LogP) is 5.20. The molecule has 29 heavy (non-hydrogen) atoms. The molecule has 0 spiro atoms. The third kappa shape index (κ3) is 4.91. The molecule has 0 fully saturated rings. The molecule has 0 N–H and O–H groups in total. The minimum absolute atomic E-state index is 0.293. The molecule has 2 atom stereocenters. The number of aromatic nitrogens is 2. The van der Waals surface area contributed by atoms with Crippen LogP contribution in [-0.2, 0) is 15.4 Å². The van der Waals surface area contributed by atoms with Crippen molar-refractivity contribution in [1.82, 2.24) is 9.97 Å². The average molecular weight is 440 g/mol. The Bertz CT molecular complexity index is 1070. The Hall–Kier alpha value is -2.09. The van der Waals surface area contributed by atoms with E-state index >= 15 is 0 Å². The minimum Gasteiger partial charge on any atom is -0.474 e. The second-order valence-electron chi connectivity index (χ2n) is 8.01. The maximum Gasteiger partial charge on any atom is 0.223 e. The first kappa shape index (κ1) is 23.2. The fraction of sp³-hybridized carbons (Fsp3) is 0.579. The van der Waals surface area contributed by atoms with E-state index in [4.69, 9.17) is 21.9 Å². The largest absolute Gasteiger partial charge is 0.474 e. The van der Waals surface area contributed by atoms with Crippen LogP contribution in [0.25, 0.3) is 21.2 Å². The summed E-state index contributed by atoms with van der Waals surface area (Å²) in [5, 5.41) is 5.59. The number of pyridine rings is 2. The predicted molar refractivity (Wildman–Crippen MR) is 115 cm³/mol. The molecule has 0 aromatic carbocycles. The van der Waals surface area contributed by atoms with E-state index in [9.17, 15) is 8.42 Å². The Morgan fingerprint density at radius 2 is 1.93 bits per heavy atom. The van der Waals surface area contributed by atoms with Crippen LogP contribution in [0.1, 0.15) is 53.0 Å². The summed E-state index contributed by atoms with van der Waals surface area (Å²) in [6.07, 6.45) is 4.84. The third-order valence-electron chi connectivity index (χ3n) is 5.33. The zero-order valence-corrected chi connectivity index (χ0v) is 19.0. The Balaban J connectivity index is 2.53. The molecule has 10 heteroatoms. The van der Waals surface area contributed by atoms with Crippen LogP contribution in [0.5, 0.6) is 5.88 Å².